The van der Waals surface area contributed by atoms with Crippen LogP contribution in [0.2, 0.25) is 0 Å². The number of hydrogen-bond donors (Lipinski definition) is 1. The quantitative estimate of drug-likeness (QED) is 0.856. The molecule has 2 unspecified atom stereocenters. The SMILES string of the molecule is CCC(C)N(CC(=O)O)S(=O)(=O)c1cn2c(n1)CCCC2C. The Morgan fingerprint density at radius 2 is 2.27 bits per heavy atom. The molecule has 1 aliphatic heterocycles. The fraction of sp³-hybridized carbons (Fsp3) is 0.714. The van der Waals surface area contributed by atoms with Crippen LogP contribution < -0.4 is 0 Å². The standard InChI is InChI=1S/C14H23N3O4S/c1-4-10(2)17(9-14(18)19)22(20,21)13-8-16-11(3)6-5-7-12(16)15-13/h8,10-11H,4-7,9H2,1-3H3,(H,18,19). The minimum absolute atomic E-state index is 0.0437. The van der Waals surface area contributed by atoms with Gasteiger partial charge in [-0.2, -0.15) is 4.31 Å². The lowest BCUT2D eigenvalue weighted by Crippen LogP contribution is -2.41. The molecule has 0 bridgehead atoms. The Bertz CT molecular complexity index is 653. The monoisotopic (exact) mass is 329 g/mol. The van der Waals surface area contributed by atoms with E-state index in [1.54, 1.807) is 13.1 Å². The number of rotatable bonds is 6. The summed E-state index contributed by atoms with van der Waals surface area (Å²) in [5.41, 5.74) is 0. The average Bonchev–Trinajstić information content (AvgIpc) is 2.90. The molecule has 1 aromatic rings. The third-order valence-electron chi connectivity index (χ3n) is 4.23. The molecule has 0 fully saturated rings. The number of hydrogen-bond acceptors (Lipinski definition) is 4. The largest absolute Gasteiger partial charge is 0.480 e. The zero-order valence-electron chi connectivity index (χ0n) is 13.2. The van der Waals surface area contributed by atoms with Crippen molar-refractivity contribution < 1.29 is 18.3 Å². The van der Waals surface area contributed by atoms with E-state index < -0.39 is 28.6 Å². The van der Waals surface area contributed by atoms with E-state index in [0.717, 1.165) is 29.4 Å². The summed E-state index contributed by atoms with van der Waals surface area (Å²) in [6.45, 7) is 5.02. The summed E-state index contributed by atoms with van der Waals surface area (Å²) < 4.78 is 28.5. The molecule has 0 spiro atoms. The fourth-order valence-electron chi connectivity index (χ4n) is 2.73. The van der Waals surface area contributed by atoms with Gasteiger partial charge in [0.2, 0.25) is 0 Å². The predicted molar refractivity (Wildman–Crippen MR) is 81.2 cm³/mol. The molecule has 0 aliphatic carbocycles. The number of aliphatic carboxylic acids is 1. The fourth-order valence-corrected chi connectivity index (χ4v) is 4.34. The van der Waals surface area contributed by atoms with Crippen LogP contribution in [-0.2, 0) is 21.2 Å². The van der Waals surface area contributed by atoms with E-state index in [9.17, 15) is 13.2 Å². The Balaban J connectivity index is 2.41. The van der Waals surface area contributed by atoms with Crippen LogP contribution in [-0.4, -0.2) is 45.9 Å². The number of carbonyl (C=O) groups is 1. The zero-order valence-corrected chi connectivity index (χ0v) is 14.0. The Hall–Kier alpha value is -1.41. The van der Waals surface area contributed by atoms with Crippen molar-refractivity contribution in [2.75, 3.05) is 6.54 Å². The van der Waals surface area contributed by atoms with Crippen LogP contribution in [0.5, 0.6) is 0 Å². The van der Waals surface area contributed by atoms with Crippen LogP contribution in [0, 0.1) is 0 Å². The summed E-state index contributed by atoms with van der Waals surface area (Å²) >= 11 is 0. The van der Waals surface area contributed by atoms with Gasteiger partial charge in [0.25, 0.3) is 10.0 Å². The van der Waals surface area contributed by atoms with Crippen molar-refractivity contribution in [1.82, 2.24) is 13.9 Å². The van der Waals surface area contributed by atoms with Crippen LogP contribution in [0.3, 0.4) is 0 Å². The van der Waals surface area contributed by atoms with Gasteiger partial charge in [0.15, 0.2) is 5.03 Å². The van der Waals surface area contributed by atoms with E-state index in [1.165, 1.54) is 0 Å². The van der Waals surface area contributed by atoms with Crippen molar-refractivity contribution in [1.29, 1.82) is 0 Å². The van der Waals surface area contributed by atoms with E-state index >= 15 is 0 Å². The molecule has 124 valence electrons. The predicted octanol–water partition coefficient (Wildman–Crippen LogP) is 1.65. The maximum absolute atomic E-state index is 12.8. The first-order chi connectivity index (χ1) is 10.3. The highest BCUT2D eigenvalue weighted by Crippen LogP contribution is 2.27. The van der Waals surface area contributed by atoms with Crippen molar-refractivity contribution in [2.24, 2.45) is 0 Å². The first-order valence-corrected chi connectivity index (χ1v) is 9.02. The molecule has 2 rings (SSSR count). The van der Waals surface area contributed by atoms with Crippen molar-refractivity contribution >= 4 is 16.0 Å². The van der Waals surface area contributed by atoms with Crippen molar-refractivity contribution in [3.63, 3.8) is 0 Å². The zero-order chi connectivity index (χ0) is 16.5. The molecule has 22 heavy (non-hydrogen) atoms. The molecule has 1 N–H and O–H groups in total. The van der Waals surface area contributed by atoms with Crippen LogP contribution in [0.25, 0.3) is 0 Å². The van der Waals surface area contributed by atoms with E-state index in [0.29, 0.717) is 6.42 Å². The molecule has 0 saturated carbocycles. The molecule has 1 aromatic heterocycles. The number of carboxylic acids is 1. The highest BCUT2D eigenvalue weighted by Gasteiger charge is 2.33. The smallest absolute Gasteiger partial charge is 0.318 e. The summed E-state index contributed by atoms with van der Waals surface area (Å²) in [6, 6.07) is -0.172. The highest BCUT2D eigenvalue weighted by molar-refractivity contribution is 7.89. The summed E-state index contributed by atoms with van der Waals surface area (Å²) in [5, 5.41) is 8.97. The molecule has 8 heteroatoms. The third-order valence-corrected chi connectivity index (χ3v) is 6.06. The molecule has 2 atom stereocenters. The minimum atomic E-state index is -3.90. The lowest BCUT2D eigenvalue weighted by molar-refractivity contribution is -0.137. The van der Waals surface area contributed by atoms with Gasteiger partial charge in [-0.15, -0.1) is 0 Å². The number of aromatic nitrogens is 2. The van der Waals surface area contributed by atoms with Crippen molar-refractivity contribution in [3.05, 3.63) is 12.0 Å². The van der Waals surface area contributed by atoms with Crippen LogP contribution in [0.4, 0.5) is 0 Å². The summed E-state index contributed by atoms with van der Waals surface area (Å²) in [7, 11) is -3.90. The number of sulfonamides is 1. The minimum Gasteiger partial charge on any atom is -0.480 e. The molecule has 2 heterocycles. The van der Waals surface area contributed by atoms with Crippen molar-refractivity contribution in [3.8, 4) is 0 Å². The average molecular weight is 329 g/mol. The molecule has 0 aromatic carbocycles. The van der Waals surface area contributed by atoms with Gasteiger partial charge in [-0.1, -0.05) is 6.92 Å². The van der Waals surface area contributed by atoms with E-state index in [2.05, 4.69) is 4.98 Å². The topological polar surface area (TPSA) is 92.5 Å². The van der Waals surface area contributed by atoms with Gasteiger partial charge in [-0.25, -0.2) is 13.4 Å². The van der Waals surface area contributed by atoms with Crippen molar-refractivity contribution in [2.45, 2.75) is 63.6 Å². The van der Waals surface area contributed by atoms with Crippen LogP contribution in [0.15, 0.2) is 11.2 Å². The number of nitrogens with zero attached hydrogens (tertiary/aromatic N) is 3. The molecule has 7 nitrogen and oxygen atoms in total. The Morgan fingerprint density at radius 3 is 2.82 bits per heavy atom. The second kappa shape index (κ2) is 6.37. The number of fused-ring (bicyclic) bond motifs is 1. The number of carboxylic acid groups (broad SMARTS) is 1. The summed E-state index contributed by atoms with van der Waals surface area (Å²) in [6.07, 6.45) is 4.82. The van der Waals surface area contributed by atoms with Gasteiger partial charge in [0.05, 0.1) is 0 Å². The lowest BCUT2D eigenvalue weighted by Gasteiger charge is -2.24. The maximum atomic E-state index is 12.8. The normalized spacial score (nSPS) is 19.9. The van der Waals surface area contributed by atoms with Gasteiger partial charge in [-0.05, 0) is 33.1 Å². The molecular formula is C14H23N3O4S. The molecule has 0 amide bonds. The Labute approximate surface area is 131 Å². The van der Waals surface area contributed by atoms with Gasteiger partial charge in [-0.3, -0.25) is 4.79 Å². The van der Waals surface area contributed by atoms with Gasteiger partial charge < -0.3 is 9.67 Å². The number of imidazole rings is 1. The molecule has 0 saturated heterocycles. The summed E-state index contributed by atoms with van der Waals surface area (Å²) in [5.74, 6) is -0.405. The van der Waals surface area contributed by atoms with Gasteiger partial charge >= 0.3 is 5.97 Å². The third kappa shape index (κ3) is 3.17. The number of aryl methyl sites for hydroxylation is 1. The Morgan fingerprint density at radius 1 is 1.59 bits per heavy atom. The second-order valence-corrected chi connectivity index (χ2v) is 7.68. The van der Waals surface area contributed by atoms with Crippen LogP contribution >= 0.6 is 0 Å². The van der Waals surface area contributed by atoms with E-state index in [1.807, 2.05) is 18.4 Å². The first kappa shape index (κ1) is 17.0. The Kier molecular flexibility index (Phi) is 4.91. The summed E-state index contributed by atoms with van der Waals surface area (Å²) in [4.78, 5) is 15.3. The molecule has 0 radical (unpaired) electrons. The van der Waals surface area contributed by atoms with E-state index in [-0.39, 0.29) is 11.1 Å². The molecular weight excluding hydrogens is 306 g/mol. The van der Waals surface area contributed by atoms with Gasteiger partial charge in [0.1, 0.15) is 12.4 Å². The van der Waals surface area contributed by atoms with Gasteiger partial charge in [0, 0.05) is 24.7 Å². The highest BCUT2D eigenvalue weighted by atomic mass is 32.2. The lowest BCUT2D eigenvalue weighted by atomic mass is 10.1. The molecule has 1 aliphatic rings. The van der Waals surface area contributed by atoms with E-state index in [4.69, 9.17) is 5.11 Å². The maximum Gasteiger partial charge on any atom is 0.318 e. The first-order valence-electron chi connectivity index (χ1n) is 7.58. The van der Waals surface area contributed by atoms with Crippen LogP contribution in [0.1, 0.15) is 51.9 Å². The second-order valence-electron chi connectivity index (χ2n) is 5.85.